The summed E-state index contributed by atoms with van der Waals surface area (Å²) in [6, 6.07) is 0. The Balaban J connectivity index is 1.74. The molecule has 1 aromatic heterocycles. The van der Waals surface area contributed by atoms with Crippen LogP contribution >= 0.6 is 11.8 Å². The molecule has 18 heavy (non-hydrogen) atoms. The Kier molecular flexibility index (Phi) is 3.89. The van der Waals surface area contributed by atoms with E-state index < -0.39 is 0 Å². The van der Waals surface area contributed by atoms with Crippen molar-refractivity contribution in [2.45, 2.75) is 44.6 Å². The van der Waals surface area contributed by atoms with Crippen molar-refractivity contribution in [1.82, 2.24) is 14.8 Å². The summed E-state index contributed by atoms with van der Waals surface area (Å²) < 4.78 is 2.27. The molecule has 0 radical (unpaired) electrons. The highest BCUT2D eigenvalue weighted by Gasteiger charge is 2.26. The summed E-state index contributed by atoms with van der Waals surface area (Å²) in [7, 11) is 0. The van der Waals surface area contributed by atoms with E-state index in [0.717, 1.165) is 43.4 Å². The summed E-state index contributed by atoms with van der Waals surface area (Å²) in [5.74, 6) is 5.76. The third-order valence-corrected chi connectivity index (χ3v) is 5.24. The van der Waals surface area contributed by atoms with Crippen molar-refractivity contribution in [3.63, 3.8) is 0 Å². The number of aliphatic hydroxyl groups excluding tert-OH is 1. The summed E-state index contributed by atoms with van der Waals surface area (Å²) in [6.07, 6.45) is 5.90. The lowest BCUT2D eigenvalue weighted by atomic mass is 9.97. The van der Waals surface area contributed by atoms with E-state index in [-0.39, 0.29) is 12.5 Å². The van der Waals surface area contributed by atoms with Gasteiger partial charge in [-0.2, -0.15) is 11.8 Å². The molecule has 0 aliphatic carbocycles. The Bertz CT molecular complexity index is 401. The van der Waals surface area contributed by atoms with E-state index in [1.54, 1.807) is 0 Å². The summed E-state index contributed by atoms with van der Waals surface area (Å²) in [5.41, 5.74) is 0. The molecule has 1 N–H and O–H groups in total. The van der Waals surface area contributed by atoms with Crippen LogP contribution in [0.25, 0.3) is 0 Å². The highest BCUT2D eigenvalue weighted by molar-refractivity contribution is 7.99. The second kappa shape index (κ2) is 5.61. The third kappa shape index (κ3) is 2.43. The van der Waals surface area contributed by atoms with E-state index in [0.29, 0.717) is 0 Å². The van der Waals surface area contributed by atoms with Gasteiger partial charge in [0, 0.05) is 18.9 Å². The molecule has 1 atom stereocenters. The van der Waals surface area contributed by atoms with Gasteiger partial charge in [-0.1, -0.05) is 0 Å². The van der Waals surface area contributed by atoms with Crippen LogP contribution in [0, 0.1) is 5.92 Å². The van der Waals surface area contributed by atoms with Gasteiger partial charge in [-0.3, -0.25) is 0 Å². The number of fused-ring (bicyclic) bond motifs is 1. The summed E-state index contributed by atoms with van der Waals surface area (Å²) in [6.45, 7) is 1.24. The second-order valence-electron chi connectivity index (χ2n) is 5.41. The normalized spacial score (nSPS) is 25.1. The Hall–Kier alpha value is -0.550. The zero-order valence-corrected chi connectivity index (χ0v) is 11.5. The maximum atomic E-state index is 9.38. The zero-order chi connectivity index (χ0) is 12.4. The van der Waals surface area contributed by atoms with E-state index in [9.17, 15) is 5.11 Å². The largest absolute Gasteiger partial charge is 0.396 e. The summed E-state index contributed by atoms with van der Waals surface area (Å²) in [5, 5.41) is 18.1. The molecule has 3 heterocycles. The molecule has 100 valence electrons. The van der Waals surface area contributed by atoms with Crippen LogP contribution in [0.5, 0.6) is 0 Å². The zero-order valence-electron chi connectivity index (χ0n) is 10.7. The second-order valence-corrected chi connectivity index (χ2v) is 6.63. The van der Waals surface area contributed by atoms with Crippen molar-refractivity contribution in [3.8, 4) is 0 Å². The number of nitrogens with zero attached hydrogens (tertiary/aromatic N) is 3. The maximum absolute atomic E-state index is 9.38. The van der Waals surface area contributed by atoms with E-state index in [4.69, 9.17) is 0 Å². The number of rotatable bonds is 3. The number of hydrogen-bond acceptors (Lipinski definition) is 4. The van der Waals surface area contributed by atoms with Gasteiger partial charge in [0.25, 0.3) is 0 Å². The fraction of sp³-hybridized carbons (Fsp3) is 0.846. The molecule has 1 saturated heterocycles. The first kappa shape index (κ1) is 12.5. The predicted molar refractivity (Wildman–Crippen MR) is 72.8 cm³/mol. The average molecular weight is 267 g/mol. The first-order valence-electron chi connectivity index (χ1n) is 6.99. The quantitative estimate of drug-likeness (QED) is 0.908. The first-order chi connectivity index (χ1) is 8.88. The van der Waals surface area contributed by atoms with Crippen molar-refractivity contribution >= 4 is 11.8 Å². The molecule has 0 spiro atoms. The molecule has 3 rings (SSSR count). The van der Waals surface area contributed by atoms with Gasteiger partial charge in [-0.25, -0.2) is 0 Å². The first-order valence-corrected chi connectivity index (χ1v) is 8.14. The van der Waals surface area contributed by atoms with Crippen LogP contribution in [-0.2, 0) is 13.0 Å². The van der Waals surface area contributed by atoms with Gasteiger partial charge in [-0.15, -0.1) is 10.2 Å². The lowest BCUT2D eigenvalue weighted by molar-refractivity contribution is 0.236. The van der Waals surface area contributed by atoms with Crippen LogP contribution in [0.15, 0.2) is 0 Å². The number of thioether (sulfide) groups is 1. The number of aromatic nitrogens is 3. The van der Waals surface area contributed by atoms with E-state index in [1.807, 2.05) is 0 Å². The fourth-order valence-corrected chi connectivity index (χ4v) is 4.26. The molecule has 4 nitrogen and oxygen atoms in total. The van der Waals surface area contributed by atoms with E-state index in [1.165, 1.54) is 24.3 Å². The van der Waals surface area contributed by atoms with Crippen LogP contribution in [0.1, 0.15) is 43.3 Å². The summed E-state index contributed by atoms with van der Waals surface area (Å²) in [4.78, 5) is 0. The molecule has 5 heteroatoms. The fourth-order valence-electron chi connectivity index (χ4n) is 3.05. The van der Waals surface area contributed by atoms with Crippen molar-refractivity contribution in [1.29, 1.82) is 0 Å². The van der Waals surface area contributed by atoms with Crippen LogP contribution in [0.4, 0.5) is 0 Å². The van der Waals surface area contributed by atoms with E-state index >= 15 is 0 Å². The van der Waals surface area contributed by atoms with Crippen molar-refractivity contribution in [2.24, 2.45) is 5.92 Å². The lowest BCUT2D eigenvalue weighted by Crippen LogP contribution is -2.21. The van der Waals surface area contributed by atoms with Gasteiger partial charge >= 0.3 is 0 Å². The predicted octanol–water partition coefficient (Wildman–Crippen LogP) is 1.83. The van der Waals surface area contributed by atoms with Gasteiger partial charge in [-0.05, 0) is 43.1 Å². The number of hydrogen-bond donors (Lipinski definition) is 1. The minimum absolute atomic E-state index is 0.207. The van der Waals surface area contributed by atoms with Crippen molar-refractivity contribution in [3.05, 3.63) is 11.6 Å². The Morgan fingerprint density at radius 3 is 2.83 bits per heavy atom. The van der Waals surface area contributed by atoms with Crippen molar-refractivity contribution < 1.29 is 5.11 Å². The van der Waals surface area contributed by atoms with Crippen molar-refractivity contribution in [2.75, 3.05) is 18.1 Å². The topological polar surface area (TPSA) is 50.9 Å². The molecular formula is C13H21N3OS. The minimum Gasteiger partial charge on any atom is -0.396 e. The smallest absolute Gasteiger partial charge is 0.138 e. The minimum atomic E-state index is 0.207. The molecular weight excluding hydrogens is 246 g/mol. The molecule has 1 aromatic rings. The molecule has 0 bridgehead atoms. The van der Waals surface area contributed by atoms with Gasteiger partial charge < -0.3 is 9.67 Å². The molecule has 1 unspecified atom stereocenters. The monoisotopic (exact) mass is 267 g/mol. The SMILES string of the molecule is OCC1CCCn2c(CC3CCSCC3)nnc21. The average Bonchev–Trinajstić information content (AvgIpc) is 2.83. The third-order valence-electron chi connectivity index (χ3n) is 4.19. The van der Waals surface area contributed by atoms with E-state index in [2.05, 4.69) is 26.5 Å². The Morgan fingerprint density at radius 2 is 2.06 bits per heavy atom. The Labute approximate surface area is 112 Å². The van der Waals surface area contributed by atoms with Gasteiger partial charge in [0.05, 0.1) is 6.61 Å². The highest BCUT2D eigenvalue weighted by Crippen LogP contribution is 2.29. The van der Waals surface area contributed by atoms with Gasteiger partial charge in [0.15, 0.2) is 0 Å². The molecule has 1 fully saturated rings. The Morgan fingerprint density at radius 1 is 1.22 bits per heavy atom. The lowest BCUT2D eigenvalue weighted by Gasteiger charge is -2.24. The van der Waals surface area contributed by atoms with Gasteiger partial charge in [0.2, 0.25) is 0 Å². The maximum Gasteiger partial charge on any atom is 0.138 e. The molecule has 2 aliphatic heterocycles. The van der Waals surface area contributed by atoms with Gasteiger partial charge in [0.1, 0.15) is 11.6 Å². The van der Waals surface area contributed by atoms with Crippen LogP contribution in [0.2, 0.25) is 0 Å². The molecule has 0 amide bonds. The van der Waals surface area contributed by atoms with Crippen LogP contribution in [0.3, 0.4) is 0 Å². The molecule has 2 aliphatic rings. The van der Waals surface area contributed by atoms with Crippen LogP contribution < -0.4 is 0 Å². The molecule has 0 aromatic carbocycles. The highest BCUT2D eigenvalue weighted by atomic mass is 32.2. The molecule has 0 saturated carbocycles. The summed E-state index contributed by atoms with van der Waals surface area (Å²) >= 11 is 2.07. The number of aliphatic hydroxyl groups is 1. The standard InChI is InChI=1S/C13H21N3OS/c17-9-11-2-1-5-16-12(14-15-13(11)16)8-10-3-6-18-7-4-10/h10-11,17H,1-9H2. The van der Waals surface area contributed by atoms with Crippen LogP contribution in [-0.4, -0.2) is 38.0 Å².